The zero-order valence-electron chi connectivity index (χ0n) is 15.3. The number of halogens is 1. The lowest BCUT2D eigenvalue weighted by Crippen LogP contribution is -2.30. The predicted octanol–water partition coefficient (Wildman–Crippen LogP) is 3.92. The van der Waals surface area contributed by atoms with Gasteiger partial charge < -0.3 is 14.7 Å². The van der Waals surface area contributed by atoms with Crippen molar-refractivity contribution >= 4 is 44.4 Å². The molecule has 28 heavy (non-hydrogen) atoms. The molecule has 1 aromatic heterocycles. The van der Waals surface area contributed by atoms with E-state index in [1.54, 1.807) is 48.5 Å². The van der Waals surface area contributed by atoms with Crippen molar-refractivity contribution < 1.29 is 19.4 Å². The number of hydrogen-bond donors (Lipinski definition) is 1. The molecule has 0 aliphatic carbocycles. The number of hydrogen-bond acceptors (Lipinski definition) is 4. The summed E-state index contributed by atoms with van der Waals surface area (Å²) in [6.07, 6.45) is 2.15. The van der Waals surface area contributed by atoms with Crippen molar-refractivity contribution in [3.05, 3.63) is 70.3 Å². The Kier molecular flexibility index (Phi) is 6.38. The van der Waals surface area contributed by atoms with Crippen LogP contribution in [0.25, 0.3) is 10.9 Å². The smallest absolute Gasteiger partial charge is 0.336 e. The number of carbonyl (C=O) groups is 2. The Morgan fingerprint density at radius 2 is 2.07 bits per heavy atom. The number of nitrogens with zero attached hydrogens (tertiary/aromatic N) is 2. The van der Waals surface area contributed by atoms with Crippen molar-refractivity contribution in [1.82, 2.24) is 4.98 Å². The van der Waals surface area contributed by atoms with Gasteiger partial charge in [0, 0.05) is 35.4 Å². The van der Waals surface area contributed by atoms with Gasteiger partial charge in [0.05, 0.1) is 24.1 Å². The first-order valence-corrected chi connectivity index (χ1v) is 9.45. The Hall–Kier alpha value is -2.77. The van der Waals surface area contributed by atoms with Gasteiger partial charge in [-0.05, 0) is 35.9 Å². The number of carboxylic acids is 1. The van der Waals surface area contributed by atoms with E-state index in [1.807, 2.05) is 18.2 Å². The van der Waals surface area contributed by atoms with Gasteiger partial charge in [0.15, 0.2) is 0 Å². The van der Waals surface area contributed by atoms with Crippen molar-refractivity contribution in [1.29, 1.82) is 0 Å². The third kappa shape index (κ3) is 4.37. The molecular formula is C21H19BrN2O4. The quantitative estimate of drug-likeness (QED) is 0.662. The molecule has 0 saturated carbocycles. The maximum atomic E-state index is 11.7. The van der Waals surface area contributed by atoms with Crippen LogP contribution in [0.2, 0.25) is 0 Å². The summed E-state index contributed by atoms with van der Waals surface area (Å²) in [7, 11) is 1.64. The van der Waals surface area contributed by atoms with E-state index in [0.717, 1.165) is 15.7 Å². The van der Waals surface area contributed by atoms with Crippen LogP contribution in [0.5, 0.6) is 0 Å². The summed E-state index contributed by atoms with van der Waals surface area (Å²) < 4.78 is 5.99. The van der Waals surface area contributed by atoms with Crippen LogP contribution in [0.4, 0.5) is 5.69 Å². The molecule has 2 heterocycles. The lowest BCUT2D eigenvalue weighted by Gasteiger charge is -2.16. The molecule has 0 saturated heterocycles. The summed E-state index contributed by atoms with van der Waals surface area (Å²) in [6, 6.07) is 14.5. The Bertz CT molecular complexity index is 1020. The highest BCUT2D eigenvalue weighted by atomic mass is 79.9. The van der Waals surface area contributed by atoms with Crippen LogP contribution in [0.1, 0.15) is 15.9 Å². The molecule has 3 aromatic rings. The summed E-state index contributed by atoms with van der Waals surface area (Å²) in [5.41, 5.74) is 3.11. The fourth-order valence-corrected chi connectivity index (χ4v) is 3.40. The summed E-state index contributed by atoms with van der Waals surface area (Å²) >= 11 is 3.41. The first-order valence-electron chi connectivity index (χ1n) is 8.66. The van der Waals surface area contributed by atoms with Gasteiger partial charge in [-0.2, -0.15) is 0 Å². The standard InChI is InChI=1S/C11H12BrNO2.C10H7NO2/c1-15-5-4-13-10-7-9(12)3-2-8(10)6-11(13)14;12-10(13)8-3-1-5-9-7(8)4-2-6-11-9/h2-3,7H,4-6H2,1H3;1-6H,(H,12,13). The van der Waals surface area contributed by atoms with E-state index in [9.17, 15) is 9.59 Å². The van der Waals surface area contributed by atoms with Crippen molar-refractivity contribution in [2.24, 2.45) is 0 Å². The van der Waals surface area contributed by atoms with Gasteiger partial charge in [0.25, 0.3) is 0 Å². The van der Waals surface area contributed by atoms with Crippen LogP contribution in [-0.4, -0.2) is 42.2 Å². The number of carboxylic acid groups (broad SMARTS) is 1. The van der Waals surface area contributed by atoms with Crippen molar-refractivity contribution in [3.8, 4) is 0 Å². The van der Waals surface area contributed by atoms with Crippen LogP contribution >= 0.6 is 15.9 Å². The summed E-state index contributed by atoms with van der Waals surface area (Å²) in [4.78, 5) is 28.3. The molecule has 0 bridgehead atoms. The van der Waals surface area contributed by atoms with E-state index in [-0.39, 0.29) is 5.91 Å². The number of methoxy groups -OCH3 is 1. The van der Waals surface area contributed by atoms with Gasteiger partial charge in [-0.3, -0.25) is 9.78 Å². The Morgan fingerprint density at radius 1 is 1.25 bits per heavy atom. The number of carbonyl (C=O) groups excluding carboxylic acids is 1. The number of benzene rings is 2. The van der Waals surface area contributed by atoms with Crippen molar-refractivity contribution in [2.75, 3.05) is 25.2 Å². The number of fused-ring (bicyclic) bond motifs is 2. The van der Waals surface area contributed by atoms with Gasteiger partial charge >= 0.3 is 5.97 Å². The molecule has 0 fully saturated rings. The maximum absolute atomic E-state index is 11.7. The zero-order chi connectivity index (χ0) is 20.1. The highest BCUT2D eigenvalue weighted by molar-refractivity contribution is 9.10. The van der Waals surface area contributed by atoms with Gasteiger partial charge in [-0.1, -0.05) is 34.1 Å². The van der Waals surface area contributed by atoms with E-state index in [2.05, 4.69) is 20.9 Å². The number of aromatic nitrogens is 1. The number of ether oxygens (including phenoxy) is 1. The summed E-state index contributed by atoms with van der Waals surface area (Å²) in [6.45, 7) is 1.19. The predicted molar refractivity (Wildman–Crippen MR) is 111 cm³/mol. The molecule has 1 amide bonds. The highest BCUT2D eigenvalue weighted by Gasteiger charge is 2.26. The van der Waals surface area contributed by atoms with Gasteiger partial charge in [-0.15, -0.1) is 0 Å². The number of amides is 1. The van der Waals surface area contributed by atoms with Crippen LogP contribution in [0.3, 0.4) is 0 Å². The first-order chi connectivity index (χ1) is 13.5. The Labute approximate surface area is 170 Å². The minimum atomic E-state index is -0.918. The molecule has 0 radical (unpaired) electrons. The van der Waals surface area contributed by atoms with E-state index < -0.39 is 5.97 Å². The van der Waals surface area contributed by atoms with Crippen LogP contribution in [-0.2, 0) is 16.0 Å². The average Bonchev–Trinajstić information content (AvgIpc) is 3.00. The average molecular weight is 443 g/mol. The van der Waals surface area contributed by atoms with Crippen LogP contribution in [0.15, 0.2) is 59.2 Å². The van der Waals surface area contributed by atoms with Crippen LogP contribution < -0.4 is 4.90 Å². The number of pyridine rings is 1. The molecule has 144 valence electrons. The second-order valence-corrected chi connectivity index (χ2v) is 7.08. The highest BCUT2D eigenvalue weighted by Crippen LogP contribution is 2.31. The molecule has 1 aliphatic rings. The fraction of sp³-hybridized carbons (Fsp3) is 0.190. The molecule has 1 aliphatic heterocycles. The van der Waals surface area contributed by atoms with Gasteiger partial charge in [0.2, 0.25) is 5.91 Å². The minimum absolute atomic E-state index is 0.153. The number of anilines is 1. The lowest BCUT2D eigenvalue weighted by molar-refractivity contribution is -0.117. The third-order valence-corrected chi connectivity index (χ3v) is 4.87. The van der Waals surface area contributed by atoms with Gasteiger partial charge in [0.1, 0.15) is 0 Å². The molecule has 0 atom stereocenters. The molecule has 2 aromatic carbocycles. The van der Waals surface area contributed by atoms with Crippen molar-refractivity contribution in [2.45, 2.75) is 6.42 Å². The number of aromatic carboxylic acids is 1. The SMILES string of the molecule is COCCN1C(=O)Cc2ccc(Br)cc21.O=C(O)c1cccc2ncccc12. The number of rotatable bonds is 4. The second kappa shape index (κ2) is 8.95. The largest absolute Gasteiger partial charge is 0.478 e. The molecule has 7 heteroatoms. The second-order valence-electron chi connectivity index (χ2n) is 6.17. The lowest BCUT2D eigenvalue weighted by atomic mass is 10.1. The monoisotopic (exact) mass is 442 g/mol. The van der Waals surface area contributed by atoms with E-state index in [0.29, 0.717) is 36.0 Å². The fourth-order valence-electron chi connectivity index (χ4n) is 3.05. The molecule has 4 rings (SSSR count). The van der Waals surface area contributed by atoms with Gasteiger partial charge in [-0.25, -0.2) is 4.79 Å². The Morgan fingerprint density at radius 3 is 2.82 bits per heavy atom. The molecular weight excluding hydrogens is 424 g/mol. The third-order valence-electron chi connectivity index (χ3n) is 4.38. The molecule has 0 spiro atoms. The molecule has 0 unspecified atom stereocenters. The zero-order valence-corrected chi connectivity index (χ0v) is 16.8. The van der Waals surface area contributed by atoms with Crippen molar-refractivity contribution in [3.63, 3.8) is 0 Å². The maximum Gasteiger partial charge on any atom is 0.336 e. The minimum Gasteiger partial charge on any atom is -0.478 e. The Balaban J connectivity index is 0.000000162. The topological polar surface area (TPSA) is 79.7 Å². The van der Waals surface area contributed by atoms with E-state index in [1.165, 1.54) is 0 Å². The molecule has 6 nitrogen and oxygen atoms in total. The summed E-state index contributed by atoms with van der Waals surface area (Å²) in [5, 5.41) is 9.53. The van der Waals surface area contributed by atoms with E-state index in [4.69, 9.17) is 9.84 Å². The van der Waals surface area contributed by atoms with E-state index >= 15 is 0 Å². The first kappa shape index (κ1) is 20.0. The summed E-state index contributed by atoms with van der Waals surface area (Å²) in [5.74, 6) is -0.765. The normalized spacial score (nSPS) is 12.5. The molecule has 1 N–H and O–H groups in total. The van der Waals surface area contributed by atoms with Crippen LogP contribution in [0, 0.1) is 0 Å².